The van der Waals surface area contributed by atoms with Crippen LogP contribution in [0.25, 0.3) is 0 Å². The Morgan fingerprint density at radius 2 is 1.72 bits per heavy atom. The number of hydrogen-bond donors (Lipinski definition) is 3. The highest BCUT2D eigenvalue weighted by Gasteiger charge is 2.16. The fourth-order valence-corrected chi connectivity index (χ4v) is 3.10. The van der Waals surface area contributed by atoms with Gasteiger partial charge in [-0.3, -0.25) is 14.5 Å². The SMILES string of the molecule is Cc1ccc(C(N)C(=O)Nc2ccc(C(=O)NCCN3CCOCC3)cc2)cc1. The third kappa shape index (κ3) is 6.12. The van der Waals surface area contributed by atoms with Gasteiger partial charge >= 0.3 is 0 Å². The molecule has 1 saturated heterocycles. The minimum absolute atomic E-state index is 0.132. The van der Waals surface area contributed by atoms with E-state index in [1.165, 1.54) is 0 Å². The molecule has 0 radical (unpaired) electrons. The molecule has 2 amide bonds. The summed E-state index contributed by atoms with van der Waals surface area (Å²) in [6.45, 7) is 6.66. The highest BCUT2D eigenvalue weighted by Crippen LogP contribution is 2.15. The minimum atomic E-state index is -0.751. The van der Waals surface area contributed by atoms with Gasteiger partial charge in [-0.1, -0.05) is 29.8 Å². The quantitative estimate of drug-likeness (QED) is 0.662. The van der Waals surface area contributed by atoms with Crippen LogP contribution in [0.1, 0.15) is 27.5 Å². The van der Waals surface area contributed by atoms with E-state index in [1.807, 2.05) is 31.2 Å². The standard InChI is InChI=1S/C22H28N4O3/c1-16-2-4-17(5-3-16)20(23)22(28)25-19-8-6-18(7-9-19)21(27)24-10-11-26-12-14-29-15-13-26/h2-9,20H,10-15,23H2,1H3,(H,24,27)(H,25,28). The smallest absolute Gasteiger partial charge is 0.251 e. The molecule has 1 fully saturated rings. The van der Waals surface area contributed by atoms with Crippen molar-refractivity contribution in [3.05, 3.63) is 65.2 Å². The molecule has 0 saturated carbocycles. The Bertz CT molecular complexity index is 815. The molecule has 7 heteroatoms. The minimum Gasteiger partial charge on any atom is -0.379 e. The molecule has 2 aromatic rings. The van der Waals surface area contributed by atoms with Crippen LogP contribution in [0.4, 0.5) is 5.69 Å². The molecular weight excluding hydrogens is 368 g/mol. The highest BCUT2D eigenvalue weighted by atomic mass is 16.5. The summed E-state index contributed by atoms with van der Waals surface area (Å²) in [6, 6.07) is 13.6. The van der Waals surface area contributed by atoms with E-state index in [9.17, 15) is 9.59 Å². The van der Waals surface area contributed by atoms with Crippen LogP contribution >= 0.6 is 0 Å². The lowest BCUT2D eigenvalue weighted by Crippen LogP contribution is -2.41. The Balaban J connectivity index is 1.47. The van der Waals surface area contributed by atoms with Crippen molar-refractivity contribution in [2.75, 3.05) is 44.7 Å². The largest absolute Gasteiger partial charge is 0.379 e. The van der Waals surface area contributed by atoms with Crippen molar-refractivity contribution < 1.29 is 14.3 Å². The van der Waals surface area contributed by atoms with Crippen molar-refractivity contribution in [3.63, 3.8) is 0 Å². The maximum Gasteiger partial charge on any atom is 0.251 e. The number of morpholine rings is 1. The number of nitrogens with two attached hydrogens (primary N) is 1. The zero-order valence-corrected chi connectivity index (χ0v) is 16.7. The second-order valence-electron chi connectivity index (χ2n) is 7.16. The van der Waals surface area contributed by atoms with Crippen LogP contribution in [0.3, 0.4) is 0 Å². The predicted molar refractivity (Wildman–Crippen MR) is 113 cm³/mol. The lowest BCUT2D eigenvalue weighted by atomic mass is 10.1. The maximum absolute atomic E-state index is 12.4. The highest BCUT2D eigenvalue weighted by molar-refractivity contribution is 5.97. The zero-order chi connectivity index (χ0) is 20.6. The topological polar surface area (TPSA) is 96.7 Å². The number of nitrogens with zero attached hydrogens (tertiary/aromatic N) is 1. The van der Waals surface area contributed by atoms with E-state index >= 15 is 0 Å². The maximum atomic E-state index is 12.4. The molecule has 3 rings (SSSR count). The summed E-state index contributed by atoms with van der Waals surface area (Å²) < 4.78 is 5.31. The van der Waals surface area contributed by atoms with Crippen molar-refractivity contribution in [1.29, 1.82) is 0 Å². The van der Waals surface area contributed by atoms with E-state index < -0.39 is 6.04 Å². The molecule has 0 bridgehead atoms. The van der Waals surface area contributed by atoms with Gasteiger partial charge in [0.1, 0.15) is 6.04 Å². The summed E-state index contributed by atoms with van der Waals surface area (Å²) in [4.78, 5) is 26.9. The molecule has 2 aromatic carbocycles. The van der Waals surface area contributed by atoms with Crippen LogP contribution in [0.5, 0.6) is 0 Å². The molecule has 1 unspecified atom stereocenters. The molecular formula is C22H28N4O3. The number of rotatable bonds is 7. The lowest BCUT2D eigenvalue weighted by molar-refractivity contribution is -0.117. The number of aryl methyl sites for hydroxylation is 1. The van der Waals surface area contributed by atoms with E-state index in [-0.39, 0.29) is 11.8 Å². The molecule has 1 aliphatic rings. The van der Waals surface area contributed by atoms with Gasteiger partial charge in [-0.25, -0.2) is 0 Å². The van der Waals surface area contributed by atoms with Gasteiger partial charge in [-0.15, -0.1) is 0 Å². The third-order valence-corrected chi connectivity index (χ3v) is 4.95. The van der Waals surface area contributed by atoms with Crippen LogP contribution in [-0.4, -0.2) is 56.1 Å². The third-order valence-electron chi connectivity index (χ3n) is 4.95. The van der Waals surface area contributed by atoms with Crippen LogP contribution < -0.4 is 16.4 Å². The summed E-state index contributed by atoms with van der Waals surface area (Å²) in [7, 11) is 0. The first-order chi connectivity index (χ1) is 14.0. The molecule has 1 atom stereocenters. The van der Waals surface area contributed by atoms with Gasteiger partial charge in [0.05, 0.1) is 13.2 Å². The Morgan fingerprint density at radius 3 is 2.38 bits per heavy atom. The molecule has 154 valence electrons. The van der Waals surface area contributed by atoms with Crippen molar-refractivity contribution in [3.8, 4) is 0 Å². The number of nitrogens with one attached hydrogen (secondary N) is 2. The number of amides is 2. The van der Waals surface area contributed by atoms with Crippen LogP contribution in [0.2, 0.25) is 0 Å². The van der Waals surface area contributed by atoms with E-state index in [4.69, 9.17) is 10.5 Å². The molecule has 1 heterocycles. The Labute approximate surface area is 171 Å². The molecule has 4 N–H and O–H groups in total. The molecule has 7 nitrogen and oxygen atoms in total. The van der Waals surface area contributed by atoms with Crippen molar-refractivity contribution in [1.82, 2.24) is 10.2 Å². The van der Waals surface area contributed by atoms with Crippen LogP contribution in [-0.2, 0) is 9.53 Å². The van der Waals surface area contributed by atoms with Gasteiger partial charge in [0.2, 0.25) is 5.91 Å². The summed E-state index contributed by atoms with van der Waals surface area (Å²) in [5.41, 5.74) is 9.06. The number of hydrogen-bond acceptors (Lipinski definition) is 5. The number of ether oxygens (including phenoxy) is 1. The Morgan fingerprint density at radius 1 is 1.07 bits per heavy atom. The van der Waals surface area contributed by atoms with Crippen molar-refractivity contribution in [2.45, 2.75) is 13.0 Å². The molecule has 0 spiro atoms. The van der Waals surface area contributed by atoms with Gasteiger partial charge in [0.25, 0.3) is 5.91 Å². The first-order valence-electron chi connectivity index (χ1n) is 9.84. The first kappa shape index (κ1) is 21.0. The fraction of sp³-hybridized carbons (Fsp3) is 0.364. The summed E-state index contributed by atoms with van der Waals surface area (Å²) in [5, 5.41) is 5.71. The van der Waals surface area contributed by atoms with Crippen LogP contribution in [0, 0.1) is 6.92 Å². The summed E-state index contributed by atoms with van der Waals surface area (Å²) >= 11 is 0. The number of benzene rings is 2. The molecule has 0 aromatic heterocycles. The second-order valence-corrected chi connectivity index (χ2v) is 7.16. The fourth-order valence-electron chi connectivity index (χ4n) is 3.10. The van der Waals surface area contributed by atoms with E-state index in [0.717, 1.165) is 44.0 Å². The van der Waals surface area contributed by atoms with Crippen LogP contribution in [0.15, 0.2) is 48.5 Å². The molecule has 0 aliphatic carbocycles. The monoisotopic (exact) mass is 396 g/mol. The van der Waals surface area contributed by atoms with Gasteiger partial charge in [-0.05, 0) is 36.8 Å². The van der Waals surface area contributed by atoms with Gasteiger partial charge in [0, 0.05) is 37.4 Å². The number of carbonyl (C=O) groups excluding carboxylic acids is 2. The molecule has 29 heavy (non-hydrogen) atoms. The lowest BCUT2D eigenvalue weighted by Gasteiger charge is -2.26. The van der Waals surface area contributed by atoms with Gasteiger partial charge in [-0.2, -0.15) is 0 Å². The molecule has 1 aliphatic heterocycles. The van der Waals surface area contributed by atoms with Crippen molar-refractivity contribution >= 4 is 17.5 Å². The van der Waals surface area contributed by atoms with Crippen molar-refractivity contribution in [2.24, 2.45) is 5.73 Å². The first-order valence-corrected chi connectivity index (χ1v) is 9.84. The average molecular weight is 396 g/mol. The average Bonchev–Trinajstić information content (AvgIpc) is 2.75. The van der Waals surface area contributed by atoms with Gasteiger partial charge < -0.3 is 21.1 Å². The van der Waals surface area contributed by atoms with Gasteiger partial charge in [0.15, 0.2) is 0 Å². The van der Waals surface area contributed by atoms with E-state index in [0.29, 0.717) is 17.8 Å². The normalized spacial score (nSPS) is 15.5. The predicted octanol–water partition coefficient (Wildman–Crippen LogP) is 1.70. The Hall–Kier alpha value is -2.74. The summed E-state index contributed by atoms with van der Waals surface area (Å²) in [5.74, 6) is -0.427. The summed E-state index contributed by atoms with van der Waals surface area (Å²) in [6.07, 6.45) is 0. The van der Waals surface area contributed by atoms with E-state index in [2.05, 4.69) is 15.5 Å². The van der Waals surface area contributed by atoms with E-state index in [1.54, 1.807) is 24.3 Å². The zero-order valence-electron chi connectivity index (χ0n) is 16.7. The Kier molecular flexibility index (Phi) is 7.35. The second kappa shape index (κ2) is 10.2. The number of carbonyl (C=O) groups is 2. The number of anilines is 1.